The Morgan fingerprint density at radius 3 is 2.24 bits per heavy atom. The molecule has 5 heteroatoms. The van der Waals surface area contributed by atoms with E-state index in [0.717, 1.165) is 43.2 Å². The summed E-state index contributed by atoms with van der Waals surface area (Å²) in [4.78, 5) is 1.36. The number of benzene rings is 2. The zero-order valence-electron chi connectivity index (χ0n) is 14.1. The minimum absolute atomic E-state index is 0.292. The Hall–Kier alpha value is -2.39. The molecule has 2 aromatic carbocycles. The van der Waals surface area contributed by atoms with Gasteiger partial charge in [-0.05, 0) is 35.4 Å². The highest BCUT2D eigenvalue weighted by Gasteiger charge is 2.18. The van der Waals surface area contributed by atoms with Gasteiger partial charge in [0.1, 0.15) is 38.1 Å². The van der Waals surface area contributed by atoms with Crippen molar-refractivity contribution in [2.75, 3.05) is 39.5 Å². The predicted octanol–water partition coefficient (Wildman–Crippen LogP) is 0.880. The summed E-state index contributed by atoms with van der Waals surface area (Å²) in [6.45, 7) is 4.39. The minimum atomic E-state index is -0.480. The number of quaternary nitrogens is 1. The zero-order chi connectivity index (χ0) is 17.5. The lowest BCUT2D eigenvalue weighted by atomic mass is 10.0. The molecule has 5 nitrogen and oxygen atoms in total. The van der Waals surface area contributed by atoms with Crippen LogP contribution in [0.15, 0.2) is 48.5 Å². The maximum absolute atomic E-state index is 10.1. The molecular weight excluding hydrogens is 316 g/mol. The molecule has 0 bridgehead atoms. The fraction of sp³-hybridized carbons (Fsp3) is 0.350. The zero-order valence-corrected chi connectivity index (χ0v) is 14.1. The number of rotatable bonds is 6. The summed E-state index contributed by atoms with van der Waals surface area (Å²) in [6, 6.07) is 17.4. The maximum atomic E-state index is 10.1. The topological polar surface area (TPSA) is 66.9 Å². The largest absolute Gasteiger partial charge is 0.491 e. The number of aliphatic hydroxyl groups is 1. The van der Waals surface area contributed by atoms with Crippen LogP contribution in [0.25, 0.3) is 11.1 Å². The van der Waals surface area contributed by atoms with Crippen molar-refractivity contribution < 1.29 is 19.5 Å². The first-order valence-electron chi connectivity index (χ1n) is 8.57. The van der Waals surface area contributed by atoms with Gasteiger partial charge in [0.05, 0.1) is 24.8 Å². The third-order valence-electron chi connectivity index (χ3n) is 4.37. The van der Waals surface area contributed by atoms with Gasteiger partial charge >= 0.3 is 0 Å². The first-order chi connectivity index (χ1) is 12.2. The molecule has 0 unspecified atom stereocenters. The third kappa shape index (κ3) is 5.04. The van der Waals surface area contributed by atoms with Crippen molar-refractivity contribution in [2.24, 2.45) is 0 Å². The van der Waals surface area contributed by atoms with E-state index >= 15 is 0 Å². The van der Waals surface area contributed by atoms with Crippen LogP contribution in [0, 0.1) is 11.3 Å². The summed E-state index contributed by atoms with van der Waals surface area (Å²) >= 11 is 0. The Bertz CT molecular complexity index is 701. The molecule has 1 fully saturated rings. The van der Waals surface area contributed by atoms with Gasteiger partial charge in [-0.15, -0.1) is 0 Å². The molecule has 0 saturated carbocycles. The van der Waals surface area contributed by atoms with Gasteiger partial charge in [0, 0.05) is 0 Å². The number of ether oxygens (including phenoxy) is 2. The van der Waals surface area contributed by atoms with Gasteiger partial charge in [0.15, 0.2) is 0 Å². The van der Waals surface area contributed by atoms with Crippen molar-refractivity contribution >= 4 is 0 Å². The number of aliphatic hydroxyl groups excluding tert-OH is 1. The average molecular weight is 339 g/mol. The Balaban J connectivity index is 1.50. The van der Waals surface area contributed by atoms with Crippen molar-refractivity contribution in [3.05, 3.63) is 54.1 Å². The summed E-state index contributed by atoms with van der Waals surface area (Å²) in [5.41, 5.74) is 2.77. The second kappa shape index (κ2) is 8.63. The quantitative estimate of drug-likeness (QED) is 0.820. The first kappa shape index (κ1) is 17.4. The molecule has 25 heavy (non-hydrogen) atoms. The number of morpholine rings is 1. The van der Waals surface area contributed by atoms with E-state index in [0.29, 0.717) is 18.7 Å². The summed E-state index contributed by atoms with van der Waals surface area (Å²) in [6.07, 6.45) is -0.480. The highest BCUT2D eigenvalue weighted by atomic mass is 16.5. The van der Waals surface area contributed by atoms with Gasteiger partial charge in [-0.25, -0.2) is 0 Å². The number of nitrogens with one attached hydrogen (secondary N) is 1. The van der Waals surface area contributed by atoms with E-state index in [4.69, 9.17) is 14.7 Å². The van der Waals surface area contributed by atoms with E-state index < -0.39 is 6.10 Å². The Morgan fingerprint density at radius 2 is 1.64 bits per heavy atom. The summed E-state index contributed by atoms with van der Waals surface area (Å²) in [5, 5.41) is 19.0. The second-order valence-corrected chi connectivity index (χ2v) is 6.24. The average Bonchev–Trinajstić information content (AvgIpc) is 2.68. The molecule has 2 N–H and O–H groups in total. The molecule has 0 radical (unpaired) electrons. The fourth-order valence-corrected chi connectivity index (χ4v) is 2.93. The Morgan fingerprint density at radius 1 is 1.04 bits per heavy atom. The third-order valence-corrected chi connectivity index (χ3v) is 4.37. The van der Waals surface area contributed by atoms with Gasteiger partial charge in [-0.1, -0.05) is 24.3 Å². The molecule has 2 aromatic rings. The van der Waals surface area contributed by atoms with Crippen molar-refractivity contribution in [3.8, 4) is 22.9 Å². The lowest BCUT2D eigenvalue weighted by Crippen LogP contribution is -3.15. The molecule has 130 valence electrons. The highest BCUT2D eigenvalue weighted by molar-refractivity contribution is 5.64. The monoisotopic (exact) mass is 339 g/mol. The van der Waals surface area contributed by atoms with Crippen LogP contribution in [0.4, 0.5) is 0 Å². The Kier molecular flexibility index (Phi) is 6.02. The SMILES string of the molecule is N#Cc1ccc(-c2ccc(OC[C@@H](O)C[NH+]3CCOCC3)cc2)cc1. The summed E-state index contributed by atoms with van der Waals surface area (Å²) in [7, 11) is 0. The van der Waals surface area contributed by atoms with E-state index in [9.17, 15) is 5.11 Å². The smallest absolute Gasteiger partial charge is 0.137 e. The lowest BCUT2D eigenvalue weighted by molar-refractivity contribution is -0.911. The number of hydrogen-bond acceptors (Lipinski definition) is 4. The van der Waals surface area contributed by atoms with Gasteiger partial charge in [0.2, 0.25) is 0 Å². The summed E-state index contributed by atoms with van der Waals surface area (Å²) in [5.74, 6) is 0.744. The fourth-order valence-electron chi connectivity index (χ4n) is 2.93. The normalized spacial score (nSPS) is 16.2. The molecule has 1 heterocycles. The molecule has 1 aliphatic heterocycles. The molecule has 1 saturated heterocycles. The van der Waals surface area contributed by atoms with Gasteiger partial charge in [0.25, 0.3) is 0 Å². The van der Waals surface area contributed by atoms with Crippen LogP contribution in [0.3, 0.4) is 0 Å². The van der Waals surface area contributed by atoms with E-state index in [1.54, 1.807) is 0 Å². The van der Waals surface area contributed by atoms with Crippen molar-refractivity contribution in [3.63, 3.8) is 0 Å². The van der Waals surface area contributed by atoms with E-state index in [1.807, 2.05) is 48.5 Å². The van der Waals surface area contributed by atoms with Crippen LogP contribution in [-0.2, 0) is 4.74 Å². The molecule has 0 amide bonds. The Labute approximate surface area is 148 Å². The highest BCUT2D eigenvalue weighted by Crippen LogP contribution is 2.22. The van der Waals surface area contributed by atoms with E-state index in [1.165, 1.54) is 4.90 Å². The first-order valence-corrected chi connectivity index (χ1v) is 8.57. The molecule has 3 rings (SSSR count). The van der Waals surface area contributed by atoms with Crippen LogP contribution in [0.1, 0.15) is 5.56 Å². The van der Waals surface area contributed by atoms with Gasteiger partial charge in [-0.2, -0.15) is 5.26 Å². The molecule has 1 atom stereocenters. The molecule has 0 aliphatic carbocycles. The predicted molar refractivity (Wildman–Crippen MR) is 94.5 cm³/mol. The summed E-state index contributed by atoms with van der Waals surface area (Å²) < 4.78 is 11.0. The van der Waals surface area contributed by atoms with E-state index in [-0.39, 0.29) is 0 Å². The standard InChI is InChI=1S/C20H22N2O3/c21-13-16-1-3-17(4-2-16)18-5-7-20(8-6-18)25-15-19(23)14-22-9-11-24-12-10-22/h1-8,19,23H,9-12,14-15H2/p+1/t19-/m0/s1. The molecule has 0 aromatic heterocycles. The van der Waals surface area contributed by atoms with Crippen LogP contribution >= 0.6 is 0 Å². The number of hydrogen-bond donors (Lipinski definition) is 2. The number of nitriles is 1. The van der Waals surface area contributed by atoms with Crippen LogP contribution in [0.2, 0.25) is 0 Å². The second-order valence-electron chi connectivity index (χ2n) is 6.24. The van der Waals surface area contributed by atoms with Crippen molar-refractivity contribution in [2.45, 2.75) is 6.10 Å². The van der Waals surface area contributed by atoms with E-state index in [2.05, 4.69) is 6.07 Å². The van der Waals surface area contributed by atoms with Gasteiger partial charge < -0.3 is 19.5 Å². The van der Waals surface area contributed by atoms with Crippen molar-refractivity contribution in [1.29, 1.82) is 5.26 Å². The minimum Gasteiger partial charge on any atom is -0.491 e. The molecule has 1 aliphatic rings. The maximum Gasteiger partial charge on any atom is 0.137 e. The van der Waals surface area contributed by atoms with Crippen LogP contribution in [-0.4, -0.2) is 50.7 Å². The number of nitrogens with zero attached hydrogens (tertiary/aromatic N) is 1. The lowest BCUT2D eigenvalue weighted by Gasteiger charge is -2.25. The van der Waals surface area contributed by atoms with Crippen molar-refractivity contribution in [1.82, 2.24) is 0 Å². The van der Waals surface area contributed by atoms with Crippen LogP contribution in [0.5, 0.6) is 5.75 Å². The molecular formula is C20H23N2O3+. The van der Waals surface area contributed by atoms with Gasteiger partial charge in [-0.3, -0.25) is 0 Å². The molecule has 0 spiro atoms. The van der Waals surface area contributed by atoms with Crippen LogP contribution < -0.4 is 9.64 Å².